The SMILES string of the molecule is CC(C)c1ccc(C(O)CNC(=O)C(C)(C)C)cc1. The van der Waals surface area contributed by atoms with Crippen LogP contribution in [0.5, 0.6) is 0 Å². The molecule has 0 spiro atoms. The van der Waals surface area contributed by atoms with Crippen LogP contribution in [-0.2, 0) is 4.79 Å². The summed E-state index contributed by atoms with van der Waals surface area (Å²) in [5.41, 5.74) is 1.65. The number of hydrogen-bond donors (Lipinski definition) is 2. The van der Waals surface area contributed by atoms with Crippen LogP contribution >= 0.6 is 0 Å². The van der Waals surface area contributed by atoms with Crippen LogP contribution < -0.4 is 5.32 Å². The van der Waals surface area contributed by atoms with E-state index in [9.17, 15) is 9.90 Å². The van der Waals surface area contributed by atoms with E-state index in [4.69, 9.17) is 0 Å². The van der Waals surface area contributed by atoms with E-state index in [2.05, 4.69) is 19.2 Å². The van der Waals surface area contributed by atoms with Crippen LogP contribution in [0.2, 0.25) is 0 Å². The van der Waals surface area contributed by atoms with E-state index < -0.39 is 11.5 Å². The van der Waals surface area contributed by atoms with Crippen LogP contribution in [0.25, 0.3) is 0 Å². The van der Waals surface area contributed by atoms with Crippen molar-refractivity contribution in [2.24, 2.45) is 5.41 Å². The number of aliphatic hydroxyl groups is 1. The smallest absolute Gasteiger partial charge is 0.225 e. The first-order valence-electron chi connectivity index (χ1n) is 6.78. The molecule has 0 aliphatic carbocycles. The monoisotopic (exact) mass is 263 g/mol. The Morgan fingerprint density at radius 2 is 1.63 bits per heavy atom. The summed E-state index contributed by atoms with van der Waals surface area (Å²) in [6, 6.07) is 7.89. The molecule has 1 aromatic rings. The molecule has 1 rings (SSSR count). The lowest BCUT2D eigenvalue weighted by molar-refractivity contribution is -0.128. The van der Waals surface area contributed by atoms with Gasteiger partial charge in [0.1, 0.15) is 0 Å². The molecule has 2 N–H and O–H groups in total. The molecule has 0 radical (unpaired) electrons. The molecule has 0 fully saturated rings. The summed E-state index contributed by atoms with van der Waals surface area (Å²) in [5, 5.41) is 12.8. The number of benzene rings is 1. The summed E-state index contributed by atoms with van der Waals surface area (Å²) in [6.45, 7) is 10.1. The lowest BCUT2D eigenvalue weighted by Gasteiger charge is -2.20. The molecule has 106 valence electrons. The number of aliphatic hydroxyl groups excluding tert-OH is 1. The molecule has 0 saturated heterocycles. The van der Waals surface area contributed by atoms with Crippen molar-refractivity contribution in [3.8, 4) is 0 Å². The largest absolute Gasteiger partial charge is 0.387 e. The van der Waals surface area contributed by atoms with E-state index in [1.54, 1.807) is 0 Å². The number of amides is 1. The quantitative estimate of drug-likeness (QED) is 0.877. The normalized spacial score (nSPS) is 13.4. The van der Waals surface area contributed by atoms with Crippen LogP contribution in [0.4, 0.5) is 0 Å². The van der Waals surface area contributed by atoms with E-state index >= 15 is 0 Å². The molecule has 0 aliphatic heterocycles. The Morgan fingerprint density at radius 3 is 2.05 bits per heavy atom. The van der Waals surface area contributed by atoms with E-state index in [0.717, 1.165) is 5.56 Å². The molecule has 0 aromatic heterocycles. The maximum absolute atomic E-state index is 11.7. The van der Waals surface area contributed by atoms with Crippen molar-refractivity contribution in [2.75, 3.05) is 6.54 Å². The highest BCUT2D eigenvalue weighted by atomic mass is 16.3. The average molecular weight is 263 g/mol. The van der Waals surface area contributed by atoms with Crippen molar-refractivity contribution in [1.82, 2.24) is 5.32 Å². The van der Waals surface area contributed by atoms with E-state index in [1.807, 2.05) is 45.0 Å². The van der Waals surface area contributed by atoms with Gasteiger partial charge in [-0.2, -0.15) is 0 Å². The topological polar surface area (TPSA) is 49.3 Å². The fraction of sp³-hybridized carbons (Fsp3) is 0.562. The third-order valence-electron chi connectivity index (χ3n) is 3.13. The fourth-order valence-electron chi connectivity index (χ4n) is 1.68. The van der Waals surface area contributed by atoms with Gasteiger partial charge in [-0.1, -0.05) is 58.9 Å². The van der Waals surface area contributed by atoms with Gasteiger partial charge >= 0.3 is 0 Å². The molecular formula is C16H25NO2. The first-order chi connectivity index (χ1) is 8.71. The van der Waals surface area contributed by atoms with E-state index in [1.165, 1.54) is 5.56 Å². The minimum atomic E-state index is -0.660. The molecule has 19 heavy (non-hydrogen) atoms. The van der Waals surface area contributed by atoms with Crippen LogP contribution in [-0.4, -0.2) is 17.6 Å². The highest BCUT2D eigenvalue weighted by molar-refractivity contribution is 5.81. The molecule has 0 heterocycles. The molecule has 1 amide bonds. The Morgan fingerprint density at radius 1 is 1.16 bits per heavy atom. The van der Waals surface area contributed by atoms with Gasteiger partial charge in [0, 0.05) is 12.0 Å². The van der Waals surface area contributed by atoms with Crippen LogP contribution in [0.15, 0.2) is 24.3 Å². The van der Waals surface area contributed by atoms with Crippen molar-refractivity contribution >= 4 is 5.91 Å². The second-order valence-corrected chi connectivity index (χ2v) is 6.30. The minimum Gasteiger partial charge on any atom is -0.387 e. The van der Waals surface area contributed by atoms with Gasteiger partial charge < -0.3 is 10.4 Å². The molecular weight excluding hydrogens is 238 g/mol. The van der Waals surface area contributed by atoms with Crippen LogP contribution in [0.1, 0.15) is 57.8 Å². The van der Waals surface area contributed by atoms with Gasteiger partial charge in [-0.15, -0.1) is 0 Å². The standard InChI is InChI=1S/C16H25NO2/c1-11(2)12-6-8-13(9-7-12)14(18)10-17-15(19)16(3,4)5/h6-9,11,14,18H,10H2,1-5H3,(H,17,19). The van der Waals surface area contributed by atoms with Crippen molar-refractivity contribution in [1.29, 1.82) is 0 Å². The summed E-state index contributed by atoms with van der Waals surface area (Å²) >= 11 is 0. The van der Waals surface area contributed by atoms with Crippen molar-refractivity contribution in [3.05, 3.63) is 35.4 Å². The van der Waals surface area contributed by atoms with Gasteiger partial charge in [0.2, 0.25) is 5.91 Å². The van der Waals surface area contributed by atoms with Crippen molar-refractivity contribution in [2.45, 2.75) is 46.6 Å². The van der Waals surface area contributed by atoms with Crippen LogP contribution in [0, 0.1) is 5.41 Å². The zero-order chi connectivity index (χ0) is 14.6. The first-order valence-corrected chi connectivity index (χ1v) is 6.78. The number of rotatable bonds is 4. The molecule has 3 nitrogen and oxygen atoms in total. The van der Waals surface area contributed by atoms with Crippen molar-refractivity contribution in [3.63, 3.8) is 0 Å². The van der Waals surface area contributed by atoms with Crippen LogP contribution in [0.3, 0.4) is 0 Å². The number of carbonyl (C=O) groups excluding carboxylic acids is 1. The molecule has 1 atom stereocenters. The Hall–Kier alpha value is -1.35. The average Bonchev–Trinajstić information content (AvgIpc) is 2.34. The van der Waals surface area contributed by atoms with E-state index in [0.29, 0.717) is 5.92 Å². The Kier molecular flexibility index (Phi) is 5.12. The summed E-state index contributed by atoms with van der Waals surface area (Å²) < 4.78 is 0. The maximum atomic E-state index is 11.7. The number of nitrogens with one attached hydrogen (secondary N) is 1. The van der Waals surface area contributed by atoms with Gasteiger partial charge in [0.05, 0.1) is 6.10 Å². The molecule has 1 unspecified atom stereocenters. The highest BCUT2D eigenvalue weighted by Crippen LogP contribution is 2.19. The third kappa shape index (κ3) is 4.67. The second kappa shape index (κ2) is 6.20. The predicted octanol–water partition coefficient (Wildman–Crippen LogP) is 3.01. The first kappa shape index (κ1) is 15.7. The second-order valence-electron chi connectivity index (χ2n) is 6.30. The Bertz CT molecular complexity index is 415. The van der Waals surface area contributed by atoms with Gasteiger partial charge in [-0.3, -0.25) is 4.79 Å². The van der Waals surface area contributed by atoms with Gasteiger partial charge in [0.25, 0.3) is 0 Å². The van der Waals surface area contributed by atoms with Gasteiger partial charge in [-0.25, -0.2) is 0 Å². The summed E-state index contributed by atoms with van der Waals surface area (Å²) in [6.07, 6.45) is -0.660. The van der Waals surface area contributed by atoms with E-state index in [-0.39, 0.29) is 12.5 Å². The zero-order valence-electron chi connectivity index (χ0n) is 12.5. The van der Waals surface area contributed by atoms with Gasteiger partial charge in [0.15, 0.2) is 0 Å². The van der Waals surface area contributed by atoms with Crippen molar-refractivity contribution < 1.29 is 9.90 Å². The lowest BCUT2D eigenvalue weighted by Crippen LogP contribution is -2.37. The summed E-state index contributed by atoms with van der Waals surface area (Å²) in [7, 11) is 0. The molecule has 0 aliphatic rings. The summed E-state index contributed by atoms with van der Waals surface area (Å²) in [5.74, 6) is 0.428. The Labute approximate surface area is 116 Å². The highest BCUT2D eigenvalue weighted by Gasteiger charge is 2.21. The number of carbonyl (C=O) groups is 1. The maximum Gasteiger partial charge on any atom is 0.225 e. The molecule has 3 heteroatoms. The zero-order valence-corrected chi connectivity index (χ0v) is 12.5. The summed E-state index contributed by atoms with van der Waals surface area (Å²) in [4.78, 5) is 11.7. The Balaban J connectivity index is 2.59. The fourth-order valence-corrected chi connectivity index (χ4v) is 1.68. The third-order valence-corrected chi connectivity index (χ3v) is 3.13. The lowest BCUT2D eigenvalue weighted by atomic mass is 9.95. The molecule has 0 saturated carbocycles. The number of hydrogen-bond acceptors (Lipinski definition) is 2. The van der Waals surface area contributed by atoms with Gasteiger partial charge in [-0.05, 0) is 17.0 Å². The minimum absolute atomic E-state index is 0.0506. The molecule has 1 aromatic carbocycles. The molecule has 0 bridgehead atoms. The predicted molar refractivity (Wildman–Crippen MR) is 78.0 cm³/mol.